The highest BCUT2D eigenvalue weighted by Crippen LogP contribution is 2.68. The lowest BCUT2D eigenvalue weighted by Gasteiger charge is -2.72. The van der Waals surface area contributed by atoms with Crippen LogP contribution in [-0.2, 0) is 11.3 Å². The van der Waals surface area contributed by atoms with Crippen molar-refractivity contribution in [3.8, 4) is 5.75 Å². The SMILES string of the molecule is O=C(COc1ccc(Cl)c(F)c1)NC12CC(C(O)NCc3c(F)cc(Cl)cc3F)(C1)C2. The summed E-state index contributed by atoms with van der Waals surface area (Å²) in [6.45, 7) is -0.478. The van der Waals surface area contributed by atoms with Gasteiger partial charge in [0.2, 0.25) is 0 Å². The van der Waals surface area contributed by atoms with Crippen molar-refractivity contribution < 1.29 is 27.8 Å². The molecule has 0 aliphatic heterocycles. The van der Waals surface area contributed by atoms with Gasteiger partial charge in [0.25, 0.3) is 5.91 Å². The van der Waals surface area contributed by atoms with Crippen molar-refractivity contribution in [1.82, 2.24) is 10.6 Å². The lowest BCUT2D eigenvalue weighted by molar-refractivity contribution is -0.224. The Balaban J connectivity index is 1.23. The quantitative estimate of drug-likeness (QED) is 0.506. The summed E-state index contributed by atoms with van der Waals surface area (Å²) in [5, 5.41) is 16.0. The van der Waals surface area contributed by atoms with Crippen molar-refractivity contribution in [2.24, 2.45) is 5.41 Å². The minimum atomic E-state index is -0.978. The van der Waals surface area contributed by atoms with Crippen LogP contribution in [0.25, 0.3) is 0 Å². The summed E-state index contributed by atoms with van der Waals surface area (Å²) in [5.41, 5.74) is -1.08. The fourth-order valence-corrected chi connectivity index (χ4v) is 4.80. The molecule has 3 fully saturated rings. The number of nitrogens with one attached hydrogen (secondary N) is 2. The highest BCUT2D eigenvalue weighted by molar-refractivity contribution is 6.31. The van der Waals surface area contributed by atoms with E-state index in [-0.39, 0.29) is 40.4 Å². The van der Waals surface area contributed by atoms with Crippen LogP contribution in [-0.4, -0.2) is 29.4 Å². The second-order valence-electron chi connectivity index (χ2n) is 8.22. The van der Waals surface area contributed by atoms with Crippen molar-refractivity contribution in [1.29, 1.82) is 0 Å². The lowest BCUT2D eigenvalue weighted by atomic mass is 9.38. The van der Waals surface area contributed by atoms with Gasteiger partial charge in [-0.05, 0) is 43.5 Å². The van der Waals surface area contributed by atoms with Gasteiger partial charge in [-0.25, -0.2) is 13.2 Å². The van der Waals surface area contributed by atoms with E-state index in [4.69, 9.17) is 27.9 Å². The molecule has 3 saturated carbocycles. The maximum Gasteiger partial charge on any atom is 0.258 e. The van der Waals surface area contributed by atoms with E-state index in [0.717, 1.165) is 18.2 Å². The van der Waals surface area contributed by atoms with Gasteiger partial charge < -0.3 is 15.2 Å². The number of benzene rings is 2. The lowest BCUT2D eigenvalue weighted by Crippen LogP contribution is -2.79. The highest BCUT2D eigenvalue weighted by Gasteiger charge is 2.71. The summed E-state index contributed by atoms with van der Waals surface area (Å²) in [6.07, 6.45) is 0.609. The van der Waals surface area contributed by atoms with Gasteiger partial charge in [-0.1, -0.05) is 23.2 Å². The second kappa shape index (κ2) is 8.16. The first kappa shape index (κ1) is 22.2. The predicted molar refractivity (Wildman–Crippen MR) is 108 cm³/mol. The number of rotatable bonds is 8. The van der Waals surface area contributed by atoms with Crippen LogP contribution >= 0.6 is 23.2 Å². The average molecular weight is 475 g/mol. The number of hydrogen-bond acceptors (Lipinski definition) is 4. The number of hydrogen-bond donors (Lipinski definition) is 3. The number of aliphatic hydroxyl groups is 1. The van der Waals surface area contributed by atoms with E-state index in [1.165, 1.54) is 12.1 Å². The Bertz CT molecular complexity index is 994. The van der Waals surface area contributed by atoms with Crippen molar-refractivity contribution in [2.45, 2.75) is 37.6 Å². The molecule has 3 aliphatic carbocycles. The largest absolute Gasteiger partial charge is 0.484 e. The molecule has 166 valence electrons. The van der Waals surface area contributed by atoms with E-state index in [1.54, 1.807) is 0 Å². The van der Waals surface area contributed by atoms with Crippen LogP contribution in [0.2, 0.25) is 10.0 Å². The molecule has 0 saturated heterocycles. The normalized spacial score (nSPS) is 24.7. The van der Waals surface area contributed by atoms with Crippen LogP contribution in [0.1, 0.15) is 24.8 Å². The monoisotopic (exact) mass is 474 g/mol. The summed E-state index contributed by atoms with van der Waals surface area (Å²) in [4.78, 5) is 12.2. The summed E-state index contributed by atoms with van der Waals surface area (Å²) in [7, 11) is 0. The third kappa shape index (κ3) is 4.35. The molecule has 0 heterocycles. The minimum absolute atomic E-state index is 0.0373. The molecular weight excluding hydrogens is 456 g/mol. The Morgan fingerprint density at radius 1 is 1.10 bits per heavy atom. The molecule has 2 aromatic carbocycles. The Morgan fingerprint density at radius 2 is 1.74 bits per heavy atom. The second-order valence-corrected chi connectivity index (χ2v) is 9.06. The van der Waals surface area contributed by atoms with Crippen LogP contribution in [0.3, 0.4) is 0 Å². The van der Waals surface area contributed by atoms with Gasteiger partial charge in [-0.3, -0.25) is 10.1 Å². The van der Waals surface area contributed by atoms with Crippen molar-refractivity contribution >= 4 is 29.1 Å². The Hall–Kier alpha value is -2.00. The minimum Gasteiger partial charge on any atom is -0.484 e. The molecule has 1 amide bonds. The average Bonchev–Trinajstić information content (AvgIpc) is 2.63. The molecule has 0 radical (unpaired) electrons. The Morgan fingerprint density at radius 3 is 2.35 bits per heavy atom. The van der Waals surface area contributed by atoms with E-state index >= 15 is 0 Å². The number of amides is 1. The van der Waals surface area contributed by atoms with E-state index in [9.17, 15) is 23.1 Å². The van der Waals surface area contributed by atoms with Crippen LogP contribution in [0.5, 0.6) is 5.75 Å². The maximum atomic E-state index is 13.9. The molecule has 5 rings (SSSR count). The standard InChI is InChI=1S/C21H19Cl2F3N2O3/c22-11-3-15(24)13(16(25)4-11)6-27-19(30)20-8-21(9-20,10-20)28-18(29)7-31-12-1-2-14(23)17(26)5-12/h1-5,19,27,30H,6-10H2,(H,28,29). The van der Waals surface area contributed by atoms with Gasteiger partial charge >= 0.3 is 0 Å². The zero-order valence-electron chi connectivity index (χ0n) is 16.2. The molecule has 3 N–H and O–H groups in total. The van der Waals surface area contributed by atoms with Crippen LogP contribution in [0.15, 0.2) is 30.3 Å². The number of carbonyl (C=O) groups is 1. The van der Waals surface area contributed by atoms with Crippen LogP contribution < -0.4 is 15.4 Å². The fraction of sp³-hybridized carbons (Fsp3) is 0.381. The van der Waals surface area contributed by atoms with Gasteiger partial charge in [0.15, 0.2) is 6.61 Å². The molecule has 2 bridgehead atoms. The summed E-state index contributed by atoms with van der Waals surface area (Å²) in [5.74, 6) is -2.39. The molecule has 5 nitrogen and oxygen atoms in total. The van der Waals surface area contributed by atoms with Gasteiger partial charge in [0.1, 0.15) is 29.4 Å². The zero-order valence-corrected chi connectivity index (χ0v) is 17.7. The van der Waals surface area contributed by atoms with E-state index < -0.39 is 34.6 Å². The first-order valence-electron chi connectivity index (χ1n) is 9.55. The molecule has 0 spiro atoms. The predicted octanol–water partition coefficient (Wildman–Crippen LogP) is 3.94. The fourth-order valence-electron chi connectivity index (χ4n) is 4.49. The highest BCUT2D eigenvalue weighted by atomic mass is 35.5. The Labute approximate surface area is 186 Å². The molecule has 2 aromatic rings. The molecule has 31 heavy (non-hydrogen) atoms. The number of ether oxygens (including phenoxy) is 1. The van der Waals surface area contributed by atoms with Crippen molar-refractivity contribution in [3.63, 3.8) is 0 Å². The van der Waals surface area contributed by atoms with Crippen LogP contribution in [0.4, 0.5) is 13.2 Å². The van der Waals surface area contributed by atoms with E-state index in [0.29, 0.717) is 19.3 Å². The van der Waals surface area contributed by atoms with Gasteiger partial charge in [0, 0.05) is 34.2 Å². The first-order valence-corrected chi connectivity index (χ1v) is 10.3. The Kier molecular flexibility index (Phi) is 5.85. The maximum absolute atomic E-state index is 13.9. The summed E-state index contributed by atoms with van der Waals surface area (Å²) >= 11 is 11.2. The summed E-state index contributed by atoms with van der Waals surface area (Å²) < 4.78 is 46.4. The molecular formula is C21H19Cl2F3N2O3. The third-order valence-electron chi connectivity index (χ3n) is 5.89. The first-order chi connectivity index (χ1) is 14.6. The van der Waals surface area contributed by atoms with Crippen molar-refractivity contribution in [3.05, 3.63) is 63.4 Å². The molecule has 10 heteroatoms. The molecule has 1 atom stereocenters. The number of aliphatic hydroxyl groups excluding tert-OH is 1. The molecule has 0 aromatic heterocycles. The number of carbonyl (C=O) groups excluding carboxylic acids is 1. The van der Waals surface area contributed by atoms with E-state index in [2.05, 4.69) is 10.6 Å². The van der Waals surface area contributed by atoms with Crippen molar-refractivity contribution in [2.75, 3.05) is 6.61 Å². The van der Waals surface area contributed by atoms with Gasteiger partial charge in [-0.15, -0.1) is 0 Å². The topological polar surface area (TPSA) is 70.6 Å². The third-order valence-corrected chi connectivity index (χ3v) is 6.42. The van der Waals surface area contributed by atoms with Crippen LogP contribution in [0, 0.1) is 22.9 Å². The van der Waals surface area contributed by atoms with Gasteiger partial charge in [-0.2, -0.15) is 0 Å². The summed E-state index contributed by atoms with van der Waals surface area (Å²) in [6, 6.07) is 5.92. The molecule has 3 aliphatic rings. The smallest absolute Gasteiger partial charge is 0.258 e. The van der Waals surface area contributed by atoms with E-state index in [1.807, 2.05) is 0 Å². The molecule has 1 unspecified atom stereocenters. The zero-order chi connectivity index (χ0) is 22.4. The van der Waals surface area contributed by atoms with Gasteiger partial charge in [0.05, 0.1) is 5.02 Å². The number of halogens is 5.